The Morgan fingerprint density at radius 1 is 1.30 bits per heavy atom. The number of carbonyl (C=O) groups is 1. The first-order valence-electron chi connectivity index (χ1n) is 7.49. The number of para-hydroxylation sites is 1. The summed E-state index contributed by atoms with van der Waals surface area (Å²) in [7, 11) is 1.62. The van der Waals surface area contributed by atoms with E-state index in [0.29, 0.717) is 15.9 Å². The summed E-state index contributed by atoms with van der Waals surface area (Å²) in [5, 5.41) is 12.5. The zero-order chi connectivity index (χ0) is 16.2. The van der Waals surface area contributed by atoms with Gasteiger partial charge in [0.1, 0.15) is 0 Å². The van der Waals surface area contributed by atoms with Crippen LogP contribution in [0, 0.1) is 0 Å². The van der Waals surface area contributed by atoms with E-state index in [1.807, 2.05) is 28.8 Å². The molecule has 1 fully saturated rings. The van der Waals surface area contributed by atoms with Gasteiger partial charge in [-0.15, -0.1) is 10.2 Å². The van der Waals surface area contributed by atoms with Gasteiger partial charge in [-0.25, -0.2) is 0 Å². The number of halogens is 1. The fourth-order valence-corrected chi connectivity index (χ4v) is 3.56. The zero-order valence-electron chi connectivity index (χ0n) is 12.8. The highest BCUT2D eigenvalue weighted by Gasteiger charge is 2.23. The first-order valence-corrected chi connectivity index (χ1v) is 8.85. The predicted molar refractivity (Wildman–Crippen MR) is 92.6 cm³/mol. The maximum absolute atomic E-state index is 11.5. The smallest absolute Gasteiger partial charge is 0.232 e. The average molecular weight is 352 g/mol. The summed E-state index contributed by atoms with van der Waals surface area (Å²) in [5.41, 5.74) is 0.834. The third-order valence-electron chi connectivity index (χ3n) is 3.71. The Bertz CT molecular complexity index is 699. The molecule has 1 N–H and O–H groups in total. The van der Waals surface area contributed by atoms with Crippen LogP contribution < -0.4 is 10.2 Å². The van der Waals surface area contributed by atoms with Crippen molar-refractivity contribution in [1.82, 2.24) is 20.1 Å². The molecule has 6 nitrogen and oxygen atoms in total. The van der Waals surface area contributed by atoms with E-state index in [2.05, 4.69) is 20.4 Å². The zero-order valence-corrected chi connectivity index (χ0v) is 14.4. The Kier molecular flexibility index (Phi) is 5.07. The van der Waals surface area contributed by atoms with E-state index in [1.54, 1.807) is 7.05 Å². The van der Waals surface area contributed by atoms with Crippen molar-refractivity contribution in [2.75, 3.05) is 30.8 Å². The highest BCUT2D eigenvalue weighted by molar-refractivity contribution is 7.99. The van der Waals surface area contributed by atoms with Gasteiger partial charge in [0, 0.05) is 20.1 Å². The molecule has 3 rings (SSSR count). The van der Waals surface area contributed by atoms with E-state index in [9.17, 15) is 4.79 Å². The Labute approximate surface area is 144 Å². The summed E-state index contributed by atoms with van der Waals surface area (Å²) in [5.74, 6) is 1.03. The predicted octanol–water partition coefficient (Wildman–Crippen LogP) is 2.36. The summed E-state index contributed by atoms with van der Waals surface area (Å²) < 4.78 is 1.95. The van der Waals surface area contributed by atoms with Crippen LogP contribution in [0.15, 0.2) is 29.4 Å². The van der Waals surface area contributed by atoms with Crippen molar-refractivity contribution in [1.29, 1.82) is 0 Å². The number of anilines is 1. The van der Waals surface area contributed by atoms with Gasteiger partial charge >= 0.3 is 0 Å². The Balaban J connectivity index is 1.99. The van der Waals surface area contributed by atoms with E-state index in [-0.39, 0.29) is 5.91 Å². The SMILES string of the molecule is CNC(=O)CSc1nnc(N2CCCC2)n1-c1ccccc1Cl. The summed E-state index contributed by atoms with van der Waals surface area (Å²) in [6.45, 7) is 1.92. The molecule has 122 valence electrons. The number of nitrogens with zero attached hydrogens (tertiary/aromatic N) is 4. The summed E-state index contributed by atoms with van der Waals surface area (Å²) in [6, 6.07) is 7.61. The first kappa shape index (κ1) is 16.1. The monoisotopic (exact) mass is 351 g/mol. The van der Waals surface area contributed by atoms with Crippen molar-refractivity contribution < 1.29 is 4.79 Å². The molecule has 8 heteroatoms. The largest absolute Gasteiger partial charge is 0.358 e. The lowest BCUT2D eigenvalue weighted by Crippen LogP contribution is -2.22. The quantitative estimate of drug-likeness (QED) is 0.838. The second kappa shape index (κ2) is 7.23. The van der Waals surface area contributed by atoms with Crippen LogP contribution in [-0.2, 0) is 4.79 Å². The van der Waals surface area contributed by atoms with Crippen LogP contribution >= 0.6 is 23.4 Å². The van der Waals surface area contributed by atoms with Gasteiger partial charge in [0.15, 0.2) is 5.16 Å². The van der Waals surface area contributed by atoms with Gasteiger partial charge in [-0.05, 0) is 25.0 Å². The lowest BCUT2D eigenvalue weighted by molar-refractivity contribution is -0.118. The lowest BCUT2D eigenvalue weighted by Gasteiger charge is -2.19. The van der Waals surface area contributed by atoms with Crippen LogP contribution in [0.2, 0.25) is 5.02 Å². The molecule has 0 radical (unpaired) electrons. The molecule has 2 heterocycles. The van der Waals surface area contributed by atoms with E-state index in [0.717, 1.165) is 37.6 Å². The van der Waals surface area contributed by atoms with Crippen molar-refractivity contribution >= 4 is 35.2 Å². The molecule has 1 aromatic carbocycles. The number of hydrogen-bond acceptors (Lipinski definition) is 5. The number of nitrogens with one attached hydrogen (secondary N) is 1. The van der Waals surface area contributed by atoms with Gasteiger partial charge in [0.25, 0.3) is 0 Å². The number of aromatic nitrogens is 3. The van der Waals surface area contributed by atoms with Crippen LogP contribution in [0.1, 0.15) is 12.8 Å². The van der Waals surface area contributed by atoms with Gasteiger partial charge in [-0.3, -0.25) is 9.36 Å². The third kappa shape index (κ3) is 3.45. The number of benzene rings is 1. The molecule has 0 aliphatic carbocycles. The minimum Gasteiger partial charge on any atom is -0.358 e. The minimum absolute atomic E-state index is 0.0496. The van der Waals surface area contributed by atoms with Crippen LogP contribution in [0.5, 0.6) is 0 Å². The summed E-state index contributed by atoms with van der Waals surface area (Å²) >= 11 is 7.73. The van der Waals surface area contributed by atoms with Crippen molar-refractivity contribution in [2.45, 2.75) is 18.0 Å². The fourth-order valence-electron chi connectivity index (χ4n) is 2.52. The van der Waals surface area contributed by atoms with Crippen LogP contribution in [0.4, 0.5) is 5.95 Å². The van der Waals surface area contributed by atoms with Crippen molar-refractivity contribution in [2.24, 2.45) is 0 Å². The van der Waals surface area contributed by atoms with Gasteiger partial charge in [-0.2, -0.15) is 0 Å². The third-order valence-corrected chi connectivity index (χ3v) is 4.96. The first-order chi connectivity index (χ1) is 11.2. The van der Waals surface area contributed by atoms with Gasteiger partial charge < -0.3 is 10.2 Å². The normalized spacial score (nSPS) is 14.3. The Hall–Kier alpha value is -1.73. The maximum atomic E-state index is 11.5. The lowest BCUT2D eigenvalue weighted by atomic mass is 10.3. The van der Waals surface area contributed by atoms with Crippen LogP contribution in [0.25, 0.3) is 5.69 Å². The molecule has 0 unspecified atom stereocenters. The van der Waals surface area contributed by atoms with Gasteiger partial charge in [0.2, 0.25) is 11.9 Å². The second-order valence-corrected chi connectivity index (χ2v) is 6.58. The molecule has 1 aliphatic rings. The molecule has 0 saturated carbocycles. The van der Waals surface area contributed by atoms with E-state index in [4.69, 9.17) is 11.6 Å². The Morgan fingerprint density at radius 3 is 2.74 bits per heavy atom. The van der Waals surface area contributed by atoms with Crippen molar-refractivity contribution in [3.05, 3.63) is 29.3 Å². The number of rotatable bonds is 5. The molecule has 1 saturated heterocycles. The molecular weight excluding hydrogens is 334 g/mol. The highest BCUT2D eigenvalue weighted by Crippen LogP contribution is 2.31. The molecule has 23 heavy (non-hydrogen) atoms. The standard InChI is InChI=1S/C15H18ClN5OS/c1-17-13(22)10-23-15-19-18-14(20-8-4-5-9-20)21(15)12-7-3-2-6-11(12)16/h2-3,6-7H,4-5,8-10H2,1H3,(H,17,22). The van der Waals surface area contributed by atoms with Gasteiger partial charge in [-0.1, -0.05) is 35.5 Å². The number of thioether (sulfide) groups is 1. The van der Waals surface area contributed by atoms with Crippen molar-refractivity contribution in [3.8, 4) is 5.69 Å². The van der Waals surface area contributed by atoms with Crippen LogP contribution in [0.3, 0.4) is 0 Å². The molecule has 1 aliphatic heterocycles. The maximum Gasteiger partial charge on any atom is 0.232 e. The minimum atomic E-state index is -0.0496. The number of carbonyl (C=O) groups excluding carboxylic acids is 1. The molecule has 1 aromatic heterocycles. The van der Waals surface area contributed by atoms with Gasteiger partial charge in [0.05, 0.1) is 16.5 Å². The molecule has 0 spiro atoms. The topological polar surface area (TPSA) is 63.1 Å². The van der Waals surface area contributed by atoms with E-state index in [1.165, 1.54) is 11.8 Å². The molecular formula is C15H18ClN5OS. The summed E-state index contributed by atoms with van der Waals surface area (Å²) in [6.07, 6.45) is 2.30. The van der Waals surface area contributed by atoms with E-state index >= 15 is 0 Å². The molecule has 2 aromatic rings. The summed E-state index contributed by atoms with van der Waals surface area (Å²) in [4.78, 5) is 13.7. The Morgan fingerprint density at radius 2 is 2.04 bits per heavy atom. The molecule has 0 atom stereocenters. The average Bonchev–Trinajstić information content (AvgIpc) is 3.22. The van der Waals surface area contributed by atoms with E-state index < -0.39 is 0 Å². The molecule has 0 bridgehead atoms. The van der Waals surface area contributed by atoms with Crippen LogP contribution in [-0.4, -0.2) is 46.6 Å². The van der Waals surface area contributed by atoms with Crippen molar-refractivity contribution in [3.63, 3.8) is 0 Å². The number of amides is 1. The fraction of sp³-hybridized carbons (Fsp3) is 0.400. The number of hydrogen-bond donors (Lipinski definition) is 1. The molecule has 1 amide bonds. The highest BCUT2D eigenvalue weighted by atomic mass is 35.5. The second-order valence-electron chi connectivity index (χ2n) is 5.23.